The number of sulfonamides is 1. The molecule has 0 radical (unpaired) electrons. The second kappa shape index (κ2) is 5.44. The lowest BCUT2D eigenvalue weighted by molar-refractivity contribution is -0.0585. The lowest BCUT2D eigenvalue weighted by Gasteiger charge is -2.42. The minimum atomic E-state index is -3.37. The van der Waals surface area contributed by atoms with Crippen molar-refractivity contribution < 1.29 is 13.2 Å². The number of nitrogens with zero attached hydrogens (tertiary/aromatic N) is 1. The number of halogens is 1. The molecule has 1 aromatic rings. The van der Waals surface area contributed by atoms with Crippen LogP contribution in [0.4, 0.5) is 0 Å². The molecule has 2 atom stereocenters. The highest BCUT2D eigenvalue weighted by Gasteiger charge is 2.41. The summed E-state index contributed by atoms with van der Waals surface area (Å²) in [5, 5.41) is 0. The van der Waals surface area contributed by atoms with Gasteiger partial charge in [0.25, 0.3) is 10.0 Å². The molecular formula is C12H16BrNO3S2. The predicted octanol–water partition coefficient (Wildman–Crippen LogP) is 2.84. The van der Waals surface area contributed by atoms with Gasteiger partial charge in [-0.3, -0.25) is 0 Å². The highest BCUT2D eigenvalue weighted by molar-refractivity contribution is 9.11. The lowest BCUT2D eigenvalue weighted by atomic mass is 9.91. The Labute approximate surface area is 125 Å². The van der Waals surface area contributed by atoms with Crippen LogP contribution in [0.5, 0.6) is 0 Å². The van der Waals surface area contributed by atoms with Crippen LogP contribution in [0.1, 0.15) is 25.7 Å². The third-order valence-electron chi connectivity index (χ3n) is 3.79. The molecule has 0 N–H and O–H groups in total. The molecule has 1 saturated carbocycles. The molecule has 2 heterocycles. The van der Waals surface area contributed by atoms with Crippen molar-refractivity contribution >= 4 is 37.3 Å². The molecule has 1 saturated heterocycles. The van der Waals surface area contributed by atoms with Crippen LogP contribution in [-0.2, 0) is 14.8 Å². The Hall–Kier alpha value is 0.0500. The van der Waals surface area contributed by atoms with Crippen molar-refractivity contribution in [2.45, 2.75) is 42.0 Å². The second-order valence-electron chi connectivity index (χ2n) is 4.94. The average Bonchev–Trinajstić information content (AvgIpc) is 2.85. The number of ether oxygens (including phenoxy) is 1. The van der Waals surface area contributed by atoms with E-state index >= 15 is 0 Å². The largest absolute Gasteiger partial charge is 0.375 e. The van der Waals surface area contributed by atoms with Gasteiger partial charge in [-0.25, -0.2) is 8.42 Å². The average molecular weight is 366 g/mol. The Kier molecular flexibility index (Phi) is 4.01. The number of hydrogen-bond donors (Lipinski definition) is 0. The summed E-state index contributed by atoms with van der Waals surface area (Å²) in [5.41, 5.74) is 0. The number of rotatable bonds is 2. The topological polar surface area (TPSA) is 46.6 Å². The molecule has 0 amide bonds. The van der Waals surface area contributed by atoms with Crippen molar-refractivity contribution in [2.75, 3.05) is 13.2 Å². The van der Waals surface area contributed by atoms with Gasteiger partial charge in [0.15, 0.2) is 0 Å². The van der Waals surface area contributed by atoms with Crippen LogP contribution >= 0.6 is 27.3 Å². The Bertz CT molecular complexity index is 555. The summed E-state index contributed by atoms with van der Waals surface area (Å²) >= 11 is 4.60. The standard InChI is InChI=1S/C12H16BrNO3S2/c13-11-5-6-12(18-11)19(15,16)14-7-8-17-10-4-2-1-3-9(10)14/h5-6,9-10H,1-4,7-8H2/t9-,10+/m1/s1. The summed E-state index contributed by atoms with van der Waals surface area (Å²) < 4.78 is 34.1. The summed E-state index contributed by atoms with van der Waals surface area (Å²) in [7, 11) is -3.37. The molecule has 0 bridgehead atoms. The van der Waals surface area contributed by atoms with Crippen molar-refractivity contribution in [3.05, 3.63) is 15.9 Å². The third kappa shape index (κ3) is 2.63. The van der Waals surface area contributed by atoms with E-state index in [-0.39, 0.29) is 12.1 Å². The van der Waals surface area contributed by atoms with Gasteiger partial charge in [0, 0.05) is 6.54 Å². The van der Waals surface area contributed by atoms with Gasteiger partial charge in [0.05, 0.1) is 22.5 Å². The zero-order chi connectivity index (χ0) is 13.5. The Morgan fingerprint density at radius 2 is 2.11 bits per heavy atom. The van der Waals surface area contributed by atoms with Crippen molar-refractivity contribution in [1.29, 1.82) is 0 Å². The summed E-state index contributed by atoms with van der Waals surface area (Å²) in [5.74, 6) is 0. The van der Waals surface area contributed by atoms with E-state index in [4.69, 9.17) is 4.74 Å². The van der Waals surface area contributed by atoms with Crippen LogP contribution in [0.3, 0.4) is 0 Å². The van der Waals surface area contributed by atoms with Crippen LogP contribution in [0.15, 0.2) is 20.1 Å². The molecule has 0 unspecified atom stereocenters. The normalized spacial score (nSPS) is 29.1. The Balaban J connectivity index is 1.91. The minimum absolute atomic E-state index is 0.0216. The molecule has 1 aliphatic heterocycles. The Morgan fingerprint density at radius 3 is 2.84 bits per heavy atom. The van der Waals surface area contributed by atoms with E-state index < -0.39 is 10.0 Å². The molecule has 1 aliphatic carbocycles. The maximum atomic E-state index is 12.7. The van der Waals surface area contributed by atoms with E-state index in [1.54, 1.807) is 16.4 Å². The van der Waals surface area contributed by atoms with Gasteiger partial charge >= 0.3 is 0 Å². The summed E-state index contributed by atoms with van der Waals surface area (Å²) in [6.45, 7) is 0.978. The van der Waals surface area contributed by atoms with Gasteiger partial charge in [-0.05, 0) is 40.9 Å². The summed E-state index contributed by atoms with van der Waals surface area (Å²) in [4.78, 5) is 0. The van der Waals surface area contributed by atoms with Gasteiger partial charge in [0.2, 0.25) is 0 Å². The molecule has 7 heteroatoms. The van der Waals surface area contributed by atoms with Crippen LogP contribution in [0.2, 0.25) is 0 Å². The molecule has 0 aromatic carbocycles. The lowest BCUT2D eigenvalue weighted by Crippen LogP contribution is -2.54. The molecule has 2 fully saturated rings. The highest BCUT2D eigenvalue weighted by Crippen LogP contribution is 2.35. The Morgan fingerprint density at radius 1 is 1.32 bits per heavy atom. The summed E-state index contributed by atoms with van der Waals surface area (Å²) in [6.07, 6.45) is 4.20. The summed E-state index contributed by atoms with van der Waals surface area (Å²) in [6, 6.07) is 3.49. The van der Waals surface area contributed by atoms with Gasteiger partial charge in [-0.1, -0.05) is 12.8 Å². The minimum Gasteiger partial charge on any atom is -0.375 e. The maximum Gasteiger partial charge on any atom is 0.253 e. The van der Waals surface area contributed by atoms with Crippen LogP contribution < -0.4 is 0 Å². The zero-order valence-electron chi connectivity index (χ0n) is 10.4. The molecule has 4 nitrogen and oxygen atoms in total. The van der Waals surface area contributed by atoms with Crippen LogP contribution in [0.25, 0.3) is 0 Å². The van der Waals surface area contributed by atoms with Gasteiger partial charge in [-0.15, -0.1) is 11.3 Å². The molecular weight excluding hydrogens is 350 g/mol. The van der Waals surface area contributed by atoms with E-state index in [9.17, 15) is 8.42 Å². The van der Waals surface area contributed by atoms with Crippen molar-refractivity contribution in [1.82, 2.24) is 4.31 Å². The fraction of sp³-hybridized carbons (Fsp3) is 0.667. The smallest absolute Gasteiger partial charge is 0.253 e. The quantitative estimate of drug-likeness (QED) is 0.809. The number of thiophene rings is 1. The monoisotopic (exact) mass is 365 g/mol. The van der Waals surface area contributed by atoms with Gasteiger partial charge < -0.3 is 4.74 Å². The van der Waals surface area contributed by atoms with E-state index in [0.29, 0.717) is 17.4 Å². The van der Waals surface area contributed by atoms with Crippen molar-refractivity contribution in [2.24, 2.45) is 0 Å². The molecule has 1 aromatic heterocycles. The molecule has 0 spiro atoms. The maximum absolute atomic E-state index is 12.7. The zero-order valence-corrected chi connectivity index (χ0v) is 13.6. The molecule has 3 rings (SSSR count). The first-order valence-electron chi connectivity index (χ1n) is 6.48. The molecule has 2 aliphatic rings. The molecule has 106 valence electrons. The second-order valence-corrected chi connectivity index (χ2v) is 9.52. The fourth-order valence-electron chi connectivity index (χ4n) is 2.91. The highest BCUT2D eigenvalue weighted by atomic mass is 79.9. The van der Waals surface area contributed by atoms with Gasteiger partial charge in [0.1, 0.15) is 4.21 Å². The number of morpholine rings is 1. The van der Waals surface area contributed by atoms with Crippen LogP contribution in [-0.4, -0.2) is 38.0 Å². The first-order valence-corrected chi connectivity index (χ1v) is 9.53. The first kappa shape index (κ1) is 14.0. The SMILES string of the molecule is O=S(=O)(c1ccc(Br)s1)N1CCO[C@H]2CCCC[C@H]21. The van der Waals surface area contributed by atoms with Crippen molar-refractivity contribution in [3.8, 4) is 0 Å². The number of hydrogen-bond acceptors (Lipinski definition) is 4. The van der Waals surface area contributed by atoms with E-state index in [1.807, 2.05) is 0 Å². The fourth-order valence-corrected chi connectivity index (χ4v) is 6.71. The van der Waals surface area contributed by atoms with E-state index in [0.717, 1.165) is 29.5 Å². The van der Waals surface area contributed by atoms with Crippen LogP contribution in [0, 0.1) is 0 Å². The van der Waals surface area contributed by atoms with E-state index in [1.165, 1.54) is 11.3 Å². The molecule has 19 heavy (non-hydrogen) atoms. The third-order valence-corrected chi connectivity index (χ3v) is 7.81. The first-order chi connectivity index (χ1) is 9.09. The van der Waals surface area contributed by atoms with Crippen molar-refractivity contribution in [3.63, 3.8) is 0 Å². The predicted molar refractivity (Wildman–Crippen MR) is 77.9 cm³/mol. The van der Waals surface area contributed by atoms with E-state index in [2.05, 4.69) is 15.9 Å². The van der Waals surface area contributed by atoms with Gasteiger partial charge in [-0.2, -0.15) is 4.31 Å². The number of fused-ring (bicyclic) bond motifs is 1.